The summed E-state index contributed by atoms with van der Waals surface area (Å²) in [6.07, 6.45) is 5.07. The molecule has 0 aliphatic heterocycles. The third kappa shape index (κ3) is 3.44. The van der Waals surface area contributed by atoms with Crippen LogP contribution in [0.1, 0.15) is 49.9 Å². The molecule has 2 rings (SSSR count). The van der Waals surface area contributed by atoms with Crippen LogP contribution in [0.4, 0.5) is 11.4 Å². The average Bonchev–Trinajstić information content (AvgIpc) is 2.43. The zero-order valence-corrected chi connectivity index (χ0v) is 12.4. The van der Waals surface area contributed by atoms with E-state index < -0.39 is 0 Å². The van der Waals surface area contributed by atoms with Crippen LogP contribution < -0.4 is 16.4 Å². The predicted molar refractivity (Wildman–Crippen MR) is 83.9 cm³/mol. The monoisotopic (exact) mass is 275 g/mol. The summed E-state index contributed by atoms with van der Waals surface area (Å²) in [6, 6.07) is 5.99. The van der Waals surface area contributed by atoms with Gasteiger partial charge in [0.2, 0.25) is 0 Å². The molecule has 1 fully saturated rings. The van der Waals surface area contributed by atoms with Gasteiger partial charge in [-0.1, -0.05) is 19.8 Å². The normalized spacial score (nSPS) is 22.3. The van der Waals surface area contributed by atoms with Crippen molar-refractivity contribution in [1.29, 1.82) is 0 Å². The van der Waals surface area contributed by atoms with Crippen LogP contribution in [0, 0.1) is 5.92 Å². The minimum atomic E-state index is -0.0724. The molecule has 0 saturated heterocycles. The third-order valence-corrected chi connectivity index (χ3v) is 4.10. The first-order chi connectivity index (χ1) is 9.61. The quantitative estimate of drug-likeness (QED) is 0.740. The molecule has 4 N–H and O–H groups in total. The second kappa shape index (κ2) is 6.64. The van der Waals surface area contributed by atoms with Crippen molar-refractivity contribution in [1.82, 2.24) is 5.32 Å². The van der Waals surface area contributed by atoms with E-state index in [9.17, 15) is 4.79 Å². The fraction of sp³-hybridized carbons (Fsp3) is 0.562. The lowest BCUT2D eigenvalue weighted by Gasteiger charge is -2.30. The molecule has 1 aromatic carbocycles. The van der Waals surface area contributed by atoms with Gasteiger partial charge in [-0.15, -0.1) is 0 Å². The van der Waals surface area contributed by atoms with Crippen LogP contribution in [-0.4, -0.2) is 18.5 Å². The van der Waals surface area contributed by atoms with Crippen molar-refractivity contribution >= 4 is 17.3 Å². The number of rotatable bonds is 4. The Balaban J connectivity index is 2.07. The molecule has 0 aromatic heterocycles. The average molecular weight is 275 g/mol. The van der Waals surface area contributed by atoms with Crippen LogP contribution in [0.15, 0.2) is 18.2 Å². The smallest absolute Gasteiger partial charge is 0.251 e. The maximum atomic E-state index is 11.8. The summed E-state index contributed by atoms with van der Waals surface area (Å²) in [5.41, 5.74) is 8.28. The van der Waals surface area contributed by atoms with Gasteiger partial charge in [-0.3, -0.25) is 4.79 Å². The molecule has 1 aliphatic rings. The lowest BCUT2D eigenvalue weighted by atomic mass is 9.86. The molecule has 1 aliphatic carbocycles. The molecule has 1 saturated carbocycles. The fourth-order valence-corrected chi connectivity index (χ4v) is 2.83. The van der Waals surface area contributed by atoms with Crippen molar-refractivity contribution in [2.45, 2.75) is 45.6 Å². The van der Waals surface area contributed by atoms with E-state index >= 15 is 0 Å². The van der Waals surface area contributed by atoms with Gasteiger partial charge in [0.15, 0.2) is 0 Å². The first kappa shape index (κ1) is 14.7. The number of hydrogen-bond donors (Lipinski definition) is 3. The predicted octanol–water partition coefficient (Wildman–Crippen LogP) is 3.01. The third-order valence-electron chi connectivity index (χ3n) is 4.10. The van der Waals surface area contributed by atoms with E-state index in [0.29, 0.717) is 29.8 Å². The maximum absolute atomic E-state index is 11.8. The highest BCUT2D eigenvalue weighted by Crippen LogP contribution is 2.29. The van der Waals surface area contributed by atoms with E-state index in [2.05, 4.69) is 17.6 Å². The van der Waals surface area contributed by atoms with Crippen molar-refractivity contribution in [3.05, 3.63) is 23.8 Å². The first-order valence-corrected chi connectivity index (χ1v) is 7.56. The second-order valence-electron chi connectivity index (χ2n) is 5.67. The molecule has 2 unspecified atom stereocenters. The van der Waals surface area contributed by atoms with Crippen LogP contribution in [0.2, 0.25) is 0 Å². The minimum Gasteiger partial charge on any atom is -0.397 e. The number of amides is 1. The zero-order chi connectivity index (χ0) is 14.5. The van der Waals surface area contributed by atoms with Crippen molar-refractivity contribution in [3.8, 4) is 0 Å². The Morgan fingerprint density at radius 1 is 1.35 bits per heavy atom. The van der Waals surface area contributed by atoms with Gasteiger partial charge in [0.1, 0.15) is 0 Å². The Morgan fingerprint density at radius 3 is 2.75 bits per heavy atom. The van der Waals surface area contributed by atoms with Gasteiger partial charge >= 0.3 is 0 Å². The maximum Gasteiger partial charge on any atom is 0.251 e. The second-order valence-corrected chi connectivity index (χ2v) is 5.67. The highest BCUT2D eigenvalue weighted by atomic mass is 16.1. The Morgan fingerprint density at radius 2 is 2.10 bits per heavy atom. The van der Waals surface area contributed by atoms with Crippen molar-refractivity contribution in [2.75, 3.05) is 17.6 Å². The molecular weight excluding hydrogens is 250 g/mol. The summed E-state index contributed by atoms with van der Waals surface area (Å²) in [5, 5.41) is 6.32. The molecule has 1 amide bonds. The minimum absolute atomic E-state index is 0.0724. The van der Waals surface area contributed by atoms with Gasteiger partial charge in [-0.2, -0.15) is 0 Å². The van der Waals surface area contributed by atoms with Gasteiger partial charge in [0.05, 0.1) is 11.4 Å². The number of nitrogens with two attached hydrogens (primary N) is 1. The summed E-state index contributed by atoms with van der Waals surface area (Å²) in [4.78, 5) is 11.8. The molecule has 4 heteroatoms. The molecule has 2 atom stereocenters. The largest absolute Gasteiger partial charge is 0.397 e. The van der Waals surface area contributed by atoms with Gasteiger partial charge in [0.25, 0.3) is 5.91 Å². The Labute approximate surface area is 121 Å². The Bertz CT molecular complexity index is 473. The molecular formula is C16H25N3O. The van der Waals surface area contributed by atoms with E-state index in [1.807, 2.05) is 19.1 Å². The summed E-state index contributed by atoms with van der Waals surface area (Å²) in [7, 11) is 0. The summed E-state index contributed by atoms with van der Waals surface area (Å²) in [6.45, 7) is 4.82. The Hall–Kier alpha value is -1.71. The van der Waals surface area contributed by atoms with Crippen molar-refractivity contribution in [3.63, 3.8) is 0 Å². The fourth-order valence-electron chi connectivity index (χ4n) is 2.83. The van der Waals surface area contributed by atoms with Crippen LogP contribution in [-0.2, 0) is 0 Å². The standard InChI is InChI=1S/C16H25N3O/c1-3-18-16(20)12-8-9-15(13(17)10-12)19-14-7-5-4-6-11(14)2/h8-11,14,19H,3-7,17H2,1-2H3,(H,18,20). The molecule has 4 nitrogen and oxygen atoms in total. The van der Waals surface area contributed by atoms with E-state index in [1.54, 1.807) is 6.07 Å². The topological polar surface area (TPSA) is 67.2 Å². The van der Waals surface area contributed by atoms with Crippen molar-refractivity contribution in [2.24, 2.45) is 5.92 Å². The molecule has 0 bridgehead atoms. The number of carbonyl (C=O) groups is 1. The summed E-state index contributed by atoms with van der Waals surface area (Å²) < 4.78 is 0. The molecule has 110 valence electrons. The molecule has 0 spiro atoms. The van der Waals surface area contributed by atoms with Crippen molar-refractivity contribution < 1.29 is 4.79 Å². The van der Waals surface area contributed by atoms with E-state index in [4.69, 9.17) is 5.73 Å². The lowest BCUT2D eigenvalue weighted by Crippen LogP contribution is -2.30. The zero-order valence-electron chi connectivity index (χ0n) is 12.4. The number of hydrogen-bond acceptors (Lipinski definition) is 3. The van der Waals surface area contributed by atoms with Crippen LogP contribution >= 0.6 is 0 Å². The first-order valence-electron chi connectivity index (χ1n) is 7.56. The SMILES string of the molecule is CCNC(=O)c1ccc(NC2CCCCC2C)c(N)c1. The van der Waals surface area contributed by atoms with Crippen LogP contribution in [0.3, 0.4) is 0 Å². The van der Waals surface area contributed by atoms with Crippen LogP contribution in [0.25, 0.3) is 0 Å². The Kier molecular flexibility index (Phi) is 4.88. The lowest BCUT2D eigenvalue weighted by molar-refractivity contribution is 0.0956. The van der Waals surface area contributed by atoms with Crippen LogP contribution in [0.5, 0.6) is 0 Å². The summed E-state index contributed by atoms with van der Waals surface area (Å²) >= 11 is 0. The van der Waals surface area contributed by atoms with E-state index in [0.717, 1.165) is 5.69 Å². The molecule has 0 radical (unpaired) electrons. The van der Waals surface area contributed by atoms with Gasteiger partial charge < -0.3 is 16.4 Å². The number of nitrogens with one attached hydrogen (secondary N) is 2. The van der Waals surface area contributed by atoms with E-state index in [-0.39, 0.29) is 5.91 Å². The highest BCUT2D eigenvalue weighted by molar-refractivity contribution is 5.96. The number of anilines is 2. The number of benzene rings is 1. The molecule has 0 heterocycles. The highest BCUT2D eigenvalue weighted by Gasteiger charge is 2.21. The van der Waals surface area contributed by atoms with Gasteiger partial charge in [-0.05, 0) is 43.9 Å². The van der Waals surface area contributed by atoms with Gasteiger partial charge in [-0.25, -0.2) is 0 Å². The summed E-state index contributed by atoms with van der Waals surface area (Å²) in [5.74, 6) is 0.600. The number of carbonyl (C=O) groups excluding carboxylic acids is 1. The van der Waals surface area contributed by atoms with E-state index in [1.165, 1.54) is 25.7 Å². The number of nitrogen functional groups attached to an aromatic ring is 1. The molecule has 20 heavy (non-hydrogen) atoms. The van der Waals surface area contributed by atoms with Gasteiger partial charge in [0, 0.05) is 18.2 Å². The molecule has 1 aromatic rings.